The van der Waals surface area contributed by atoms with Crippen LogP contribution in [0.5, 0.6) is 0 Å². The molecule has 0 aromatic carbocycles. The maximum atomic E-state index is 6.02. The first kappa shape index (κ1) is 14.0. The summed E-state index contributed by atoms with van der Waals surface area (Å²) in [4.78, 5) is 12.7. The fraction of sp³-hybridized carbons (Fsp3) is 0.118. The van der Waals surface area contributed by atoms with Crippen molar-refractivity contribution in [2.75, 3.05) is 18.1 Å². The highest BCUT2D eigenvalue weighted by Gasteiger charge is 2.07. The third kappa shape index (κ3) is 3.03. The van der Waals surface area contributed by atoms with Gasteiger partial charge in [0.05, 0.1) is 0 Å². The Bertz CT molecular complexity index is 771. The average Bonchev–Trinajstić information content (AvgIpc) is 2.58. The monoisotopic (exact) mass is 291 g/mol. The maximum absolute atomic E-state index is 6.02. The van der Waals surface area contributed by atoms with Gasteiger partial charge in [0.15, 0.2) is 0 Å². The molecule has 3 aromatic rings. The predicted octanol–water partition coefficient (Wildman–Crippen LogP) is 2.75. The molecule has 0 aliphatic rings. The Hall–Kier alpha value is -2.95. The van der Waals surface area contributed by atoms with Crippen LogP contribution in [0.15, 0.2) is 55.1 Å². The first-order valence-electron chi connectivity index (χ1n) is 7.04. The molecule has 0 amide bonds. The molecule has 0 aliphatic carbocycles. The highest BCUT2D eigenvalue weighted by Crippen LogP contribution is 2.24. The second-order valence-electron chi connectivity index (χ2n) is 4.99. The summed E-state index contributed by atoms with van der Waals surface area (Å²) in [5.41, 5.74) is 10.2. The third-order valence-corrected chi connectivity index (χ3v) is 3.47. The Morgan fingerprint density at radius 1 is 1.05 bits per heavy atom. The summed E-state index contributed by atoms with van der Waals surface area (Å²) in [6.07, 6.45) is 7.88. The Labute approximate surface area is 129 Å². The fourth-order valence-corrected chi connectivity index (χ4v) is 2.29. The van der Waals surface area contributed by atoms with Crippen LogP contribution in [0, 0.1) is 0 Å². The van der Waals surface area contributed by atoms with E-state index in [1.54, 1.807) is 18.6 Å². The first-order chi connectivity index (χ1) is 10.8. The summed E-state index contributed by atoms with van der Waals surface area (Å²) in [5.74, 6) is 1.37. The minimum atomic E-state index is 0.551. The highest BCUT2D eigenvalue weighted by molar-refractivity contribution is 5.67. The van der Waals surface area contributed by atoms with Crippen LogP contribution in [0.2, 0.25) is 0 Å². The Morgan fingerprint density at radius 3 is 2.73 bits per heavy atom. The lowest BCUT2D eigenvalue weighted by Crippen LogP contribution is -2.00. The van der Waals surface area contributed by atoms with Gasteiger partial charge in [0.1, 0.15) is 11.6 Å². The maximum Gasteiger partial charge on any atom is 0.126 e. The molecule has 0 aliphatic heterocycles. The van der Waals surface area contributed by atoms with Gasteiger partial charge in [0.2, 0.25) is 0 Å². The van der Waals surface area contributed by atoms with Crippen LogP contribution in [0.25, 0.3) is 11.1 Å². The van der Waals surface area contributed by atoms with E-state index in [0.717, 1.165) is 28.1 Å². The van der Waals surface area contributed by atoms with Crippen LogP contribution in [0.3, 0.4) is 0 Å². The molecular weight excluding hydrogens is 274 g/mol. The molecule has 0 bridgehead atoms. The Kier molecular flexibility index (Phi) is 3.96. The molecule has 0 unspecified atom stereocenters. The topological polar surface area (TPSA) is 76.7 Å². The summed E-state index contributed by atoms with van der Waals surface area (Å²) in [6.45, 7) is 0. The fourth-order valence-electron chi connectivity index (χ4n) is 2.29. The zero-order chi connectivity index (χ0) is 15.4. The zero-order valence-electron chi connectivity index (χ0n) is 12.3. The smallest absolute Gasteiger partial charge is 0.126 e. The second-order valence-corrected chi connectivity index (χ2v) is 4.99. The van der Waals surface area contributed by atoms with E-state index in [9.17, 15) is 0 Å². The lowest BCUT2D eigenvalue weighted by Gasteiger charge is -2.09. The molecule has 3 N–H and O–H groups in total. The van der Waals surface area contributed by atoms with Gasteiger partial charge in [-0.1, -0.05) is 6.07 Å². The van der Waals surface area contributed by atoms with Gasteiger partial charge in [-0.3, -0.25) is 4.98 Å². The molecule has 0 saturated heterocycles. The summed E-state index contributed by atoms with van der Waals surface area (Å²) >= 11 is 0. The molecule has 0 spiro atoms. The molecule has 0 saturated carbocycles. The van der Waals surface area contributed by atoms with Gasteiger partial charge < -0.3 is 11.1 Å². The van der Waals surface area contributed by atoms with Gasteiger partial charge in [-0.15, -0.1) is 0 Å². The van der Waals surface area contributed by atoms with E-state index in [0.29, 0.717) is 12.2 Å². The molecule has 110 valence electrons. The molecule has 3 rings (SSSR count). The predicted molar refractivity (Wildman–Crippen MR) is 88.5 cm³/mol. The molecule has 22 heavy (non-hydrogen) atoms. The van der Waals surface area contributed by atoms with Crippen molar-refractivity contribution >= 4 is 11.6 Å². The van der Waals surface area contributed by atoms with E-state index in [1.165, 1.54) is 0 Å². The van der Waals surface area contributed by atoms with E-state index >= 15 is 0 Å². The van der Waals surface area contributed by atoms with Crippen LogP contribution in [0.1, 0.15) is 11.1 Å². The van der Waals surface area contributed by atoms with E-state index in [1.807, 2.05) is 37.5 Å². The Balaban J connectivity index is 1.95. The van der Waals surface area contributed by atoms with Crippen LogP contribution in [0.4, 0.5) is 11.6 Å². The van der Waals surface area contributed by atoms with Crippen molar-refractivity contribution in [2.24, 2.45) is 0 Å². The largest absolute Gasteiger partial charge is 0.383 e. The van der Waals surface area contributed by atoms with Crippen LogP contribution in [-0.2, 0) is 6.42 Å². The highest BCUT2D eigenvalue weighted by atomic mass is 14.9. The number of nitrogens with one attached hydrogen (secondary N) is 1. The number of hydrogen-bond donors (Lipinski definition) is 2. The van der Waals surface area contributed by atoms with Crippen molar-refractivity contribution in [3.8, 4) is 11.1 Å². The molecule has 0 fully saturated rings. The van der Waals surface area contributed by atoms with Crippen molar-refractivity contribution in [1.29, 1.82) is 0 Å². The van der Waals surface area contributed by atoms with Gasteiger partial charge in [-0.05, 0) is 41.0 Å². The third-order valence-electron chi connectivity index (χ3n) is 3.47. The van der Waals surface area contributed by atoms with Gasteiger partial charge in [0.25, 0.3) is 0 Å². The summed E-state index contributed by atoms with van der Waals surface area (Å²) in [6, 6.07) is 9.97. The van der Waals surface area contributed by atoms with E-state index in [-0.39, 0.29) is 0 Å². The lowest BCUT2D eigenvalue weighted by molar-refractivity contribution is 1.12. The minimum Gasteiger partial charge on any atom is -0.383 e. The molecule has 0 atom stereocenters. The molecular formula is C17H17N5. The number of nitrogen functional groups attached to an aromatic ring is 1. The van der Waals surface area contributed by atoms with E-state index < -0.39 is 0 Å². The normalized spacial score (nSPS) is 10.4. The number of nitrogens with zero attached hydrogens (tertiary/aromatic N) is 3. The molecule has 3 aromatic heterocycles. The Morgan fingerprint density at radius 2 is 1.95 bits per heavy atom. The number of nitrogens with two attached hydrogens (primary N) is 1. The molecule has 5 nitrogen and oxygen atoms in total. The van der Waals surface area contributed by atoms with E-state index in [4.69, 9.17) is 5.73 Å². The number of rotatable bonds is 4. The standard InChI is InChI=1S/C17H17N5/c1-19-16-9-13(4-6-21-16)15-8-14(17(18)22-11-15)7-12-3-2-5-20-10-12/h2-6,8-11H,7H2,1H3,(H2,18,22)(H,19,21). The number of aromatic nitrogens is 3. The van der Waals surface area contributed by atoms with Crippen molar-refractivity contribution in [3.63, 3.8) is 0 Å². The van der Waals surface area contributed by atoms with Crippen molar-refractivity contribution in [3.05, 3.63) is 66.2 Å². The SMILES string of the molecule is CNc1cc(-c2cnc(N)c(Cc3cccnc3)c2)ccn1. The van der Waals surface area contributed by atoms with Crippen LogP contribution >= 0.6 is 0 Å². The zero-order valence-corrected chi connectivity index (χ0v) is 12.3. The first-order valence-corrected chi connectivity index (χ1v) is 7.04. The summed E-state index contributed by atoms with van der Waals surface area (Å²) in [7, 11) is 1.85. The van der Waals surface area contributed by atoms with Crippen molar-refractivity contribution in [1.82, 2.24) is 15.0 Å². The molecule has 3 heterocycles. The van der Waals surface area contributed by atoms with E-state index in [2.05, 4.69) is 26.3 Å². The number of pyridine rings is 3. The summed E-state index contributed by atoms with van der Waals surface area (Å²) < 4.78 is 0. The van der Waals surface area contributed by atoms with Crippen molar-refractivity contribution in [2.45, 2.75) is 6.42 Å². The van der Waals surface area contributed by atoms with Gasteiger partial charge >= 0.3 is 0 Å². The average molecular weight is 291 g/mol. The summed E-state index contributed by atoms with van der Waals surface area (Å²) in [5, 5.41) is 3.04. The van der Waals surface area contributed by atoms with Gasteiger partial charge in [0, 0.05) is 43.8 Å². The van der Waals surface area contributed by atoms with Crippen LogP contribution < -0.4 is 11.1 Å². The van der Waals surface area contributed by atoms with Gasteiger partial charge in [-0.2, -0.15) is 0 Å². The number of hydrogen-bond acceptors (Lipinski definition) is 5. The quantitative estimate of drug-likeness (QED) is 0.773. The van der Waals surface area contributed by atoms with Crippen LogP contribution in [-0.4, -0.2) is 22.0 Å². The minimum absolute atomic E-state index is 0.551. The number of anilines is 2. The lowest BCUT2D eigenvalue weighted by atomic mass is 10.0. The van der Waals surface area contributed by atoms with Crippen molar-refractivity contribution < 1.29 is 0 Å². The van der Waals surface area contributed by atoms with Gasteiger partial charge in [-0.25, -0.2) is 9.97 Å². The molecule has 5 heteroatoms. The second kappa shape index (κ2) is 6.22. The molecule has 0 radical (unpaired) electrons.